The molecule has 1 aromatic rings. The van der Waals surface area contributed by atoms with E-state index in [1.165, 1.54) is 0 Å². The lowest BCUT2D eigenvalue weighted by Crippen LogP contribution is -2.32. The molecule has 3 N–H and O–H groups in total. The number of rotatable bonds is 2. The SMILES string of the molecule is NC1CCC(Nc2ccc3c(c2)OCCCO3)CC1. The molecule has 2 aliphatic rings. The highest BCUT2D eigenvalue weighted by Crippen LogP contribution is 2.33. The van der Waals surface area contributed by atoms with Gasteiger partial charge >= 0.3 is 0 Å². The minimum atomic E-state index is 0.391. The summed E-state index contributed by atoms with van der Waals surface area (Å²) in [5, 5.41) is 3.58. The van der Waals surface area contributed by atoms with E-state index in [0.717, 1.165) is 62.5 Å². The zero-order chi connectivity index (χ0) is 13.1. The summed E-state index contributed by atoms with van der Waals surface area (Å²) in [4.78, 5) is 0. The van der Waals surface area contributed by atoms with Crippen LogP contribution < -0.4 is 20.5 Å². The van der Waals surface area contributed by atoms with Crippen LogP contribution in [0.4, 0.5) is 5.69 Å². The highest BCUT2D eigenvalue weighted by atomic mass is 16.5. The summed E-state index contributed by atoms with van der Waals surface area (Å²) in [6, 6.07) is 7.04. The van der Waals surface area contributed by atoms with Gasteiger partial charge in [0, 0.05) is 30.3 Å². The number of fused-ring (bicyclic) bond motifs is 1. The number of hydrogen-bond acceptors (Lipinski definition) is 4. The van der Waals surface area contributed by atoms with Gasteiger partial charge in [-0.15, -0.1) is 0 Å². The number of ether oxygens (including phenoxy) is 2. The second-order valence-corrected chi connectivity index (χ2v) is 5.47. The second-order valence-electron chi connectivity index (χ2n) is 5.47. The maximum atomic E-state index is 5.93. The number of hydrogen-bond donors (Lipinski definition) is 2. The monoisotopic (exact) mass is 262 g/mol. The van der Waals surface area contributed by atoms with Crippen molar-refractivity contribution in [1.82, 2.24) is 0 Å². The first-order chi connectivity index (χ1) is 9.31. The van der Waals surface area contributed by atoms with Gasteiger partial charge in [0.1, 0.15) is 0 Å². The van der Waals surface area contributed by atoms with Crippen molar-refractivity contribution in [3.63, 3.8) is 0 Å². The van der Waals surface area contributed by atoms with Crippen LogP contribution in [-0.4, -0.2) is 25.3 Å². The van der Waals surface area contributed by atoms with Gasteiger partial charge in [-0.2, -0.15) is 0 Å². The molecule has 0 amide bonds. The molecule has 0 saturated heterocycles. The van der Waals surface area contributed by atoms with Crippen LogP contribution in [0.3, 0.4) is 0 Å². The van der Waals surface area contributed by atoms with E-state index in [4.69, 9.17) is 15.2 Å². The molecule has 3 rings (SSSR count). The normalized spacial score (nSPS) is 26.6. The molecule has 1 heterocycles. The average molecular weight is 262 g/mol. The second kappa shape index (κ2) is 5.70. The third-order valence-electron chi connectivity index (χ3n) is 3.89. The van der Waals surface area contributed by atoms with E-state index in [-0.39, 0.29) is 0 Å². The number of anilines is 1. The first-order valence-electron chi connectivity index (χ1n) is 7.23. The Kier molecular flexibility index (Phi) is 3.78. The summed E-state index contributed by atoms with van der Waals surface area (Å²) in [6.07, 6.45) is 5.47. The van der Waals surface area contributed by atoms with E-state index < -0.39 is 0 Å². The fourth-order valence-corrected chi connectivity index (χ4v) is 2.75. The van der Waals surface area contributed by atoms with Crippen molar-refractivity contribution >= 4 is 5.69 Å². The van der Waals surface area contributed by atoms with E-state index in [1.54, 1.807) is 0 Å². The van der Waals surface area contributed by atoms with Crippen LogP contribution in [0, 0.1) is 0 Å². The molecule has 104 valence electrons. The van der Waals surface area contributed by atoms with Crippen LogP contribution in [-0.2, 0) is 0 Å². The Hall–Kier alpha value is -1.42. The van der Waals surface area contributed by atoms with E-state index in [0.29, 0.717) is 12.1 Å². The summed E-state index contributed by atoms with van der Waals surface area (Å²) in [6.45, 7) is 1.47. The summed E-state index contributed by atoms with van der Waals surface area (Å²) < 4.78 is 11.3. The van der Waals surface area contributed by atoms with Crippen LogP contribution >= 0.6 is 0 Å². The molecule has 0 aromatic heterocycles. The van der Waals surface area contributed by atoms with Crippen molar-refractivity contribution in [2.45, 2.75) is 44.2 Å². The molecule has 1 aromatic carbocycles. The van der Waals surface area contributed by atoms with E-state index in [9.17, 15) is 0 Å². The molecule has 0 spiro atoms. The van der Waals surface area contributed by atoms with Gasteiger partial charge in [0.05, 0.1) is 13.2 Å². The van der Waals surface area contributed by atoms with E-state index >= 15 is 0 Å². The summed E-state index contributed by atoms with van der Waals surface area (Å²) in [5.74, 6) is 1.71. The molecule has 1 aliphatic carbocycles. The number of nitrogens with two attached hydrogens (primary N) is 1. The quantitative estimate of drug-likeness (QED) is 0.860. The van der Waals surface area contributed by atoms with Gasteiger partial charge in [-0.1, -0.05) is 0 Å². The average Bonchev–Trinajstić information content (AvgIpc) is 2.66. The van der Waals surface area contributed by atoms with Gasteiger partial charge in [-0.3, -0.25) is 0 Å². The van der Waals surface area contributed by atoms with Crippen molar-refractivity contribution in [3.05, 3.63) is 18.2 Å². The fraction of sp³-hybridized carbons (Fsp3) is 0.600. The highest BCUT2D eigenvalue weighted by molar-refractivity contribution is 5.55. The first-order valence-corrected chi connectivity index (χ1v) is 7.23. The van der Waals surface area contributed by atoms with Gasteiger partial charge in [-0.05, 0) is 37.8 Å². The molecule has 1 aliphatic heterocycles. The molecule has 0 bridgehead atoms. The van der Waals surface area contributed by atoms with Gasteiger partial charge < -0.3 is 20.5 Å². The Morgan fingerprint density at radius 2 is 1.74 bits per heavy atom. The van der Waals surface area contributed by atoms with Crippen molar-refractivity contribution in [2.24, 2.45) is 5.73 Å². The lowest BCUT2D eigenvalue weighted by molar-refractivity contribution is 0.297. The maximum absolute atomic E-state index is 5.93. The van der Waals surface area contributed by atoms with Crippen LogP contribution in [0.15, 0.2) is 18.2 Å². The van der Waals surface area contributed by atoms with Gasteiger partial charge in [0.2, 0.25) is 0 Å². The van der Waals surface area contributed by atoms with E-state index in [2.05, 4.69) is 17.4 Å². The summed E-state index contributed by atoms with van der Waals surface area (Å²) in [5.41, 5.74) is 7.05. The highest BCUT2D eigenvalue weighted by Gasteiger charge is 2.19. The summed E-state index contributed by atoms with van der Waals surface area (Å²) >= 11 is 0. The lowest BCUT2D eigenvalue weighted by atomic mass is 9.91. The molecule has 0 unspecified atom stereocenters. The molecule has 4 heteroatoms. The van der Waals surface area contributed by atoms with E-state index in [1.807, 2.05) is 6.07 Å². The predicted octanol–water partition coefficient (Wildman–Crippen LogP) is 2.53. The zero-order valence-electron chi connectivity index (χ0n) is 11.2. The number of nitrogens with one attached hydrogen (secondary N) is 1. The maximum Gasteiger partial charge on any atom is 0.163 e. The topological polar surface area (TPSA) is 56.5 Å². The molecule has 4 nitrogen and oxygen atoms in total. The molecule has 0 radical (unpaired) electrons. The standard InChI is InChI=1S/C15H22N2O2/c16-11-2-4-12(5-3-11)17-13-6-7-14-15(10-13)19-9-1-8-18-14/h6-7,10-12,17H,1-5,8-9,16H2. The smallest absolute Gasteiger partial charge is 0.163 e. The summed E-state index contributed by atoms with van der Waals surface area (Å²) in [7, 11) is 0. The largest absolute Gasteiger partial charge is 0.490 e. The van der Waals surface area contributed by atoms with Crippen LogP contribution in [0.2, 0.25) is 0 Å². The molecular formula is C15H22N2O2. The Morgan fingerprint density at radius 1 is 1.00 bits per heavy atom. The minimum absolute atomic E-state index is 0.391. The van der Waals surface area contributed by atoms with Crippen LogP contribution in [0.1, 0.15) is 32.1 Å². The first kappa shape index (κ1) is 12.6. The van der Waals surface area contributed by atoms with Crippen LogP contribution in [0.25, 0.3) is 0 Å². The van der Waals surface area contributed by atoms with Crippen molar-refractivity contribution in [2.75, 3.05) is 18.5 Å². The van der Waals surface area contributed by atoms with Crippen molar-refractivity contribution in [1.29, 1.82) is 0 Å². The van der Waals surface area contributed by atoms with Crippen molar-refractivity contribution < 1.29 is 9.47 Å². The third-order valence-corrected chi connectivity index (χ3v) is 3.89. The minimum Gasteiger partial charge on any atom is -0.490 e. The third kappa shape index (κ3) is 3.13. The van der Waals surface area contributed by atoms with Crippen LogP contribution in [0.5, 0.6) is 11.5 Å². The lowest BCUT2D eigenvalue weighted by Gasteiger charge is -2.27. The zero-order valence-corrected chi connectivity index (χ0v) is 11.2. The Bertz CT molecular complexity index is 428. The predicted molar refractivity (Wildman–Crippen MR) is 75.9 cm³/mol. The fourth-order valence-electron chi connectivity index (χ4n) is 2.75. The number of benzene rings is 1. The Labute approximate surface area is 114 Å². The Balaban J connectivity index is 1.66. The molecular weight excluding hydrogens is 240 g/mol. The van der Waals surface area contributed by atoms with Gasteiger partial charge in [0.25, 0.3) is 0 Å². The molecule has 1 saturated carbocycles. The molecule has 0 atom stereocenters. The van der Waals surface area contributed by atoms with Gasteiger partial charge in [-0.25, -0.2) is 0 Å². The molecule has 19 heavy (non-hydrogen) atoms. The Morgan fingerprint density at radius 3 is 2.53 bits per heavy atom. The molecule has 1 fully saturated rings. The van der Waals surface area contributed by atoms with Gasteiger partial charge in [0.15, 0.2) is 11.5 Å². The van der Waals surface area contributed by atoms with Crippen molar-refractivity contribution in [3.8, 4) is 11.5 Å².